The van der Waals surface area contributed by atoms with Crippen molar-refractivity contribution in [1.82, 2.24) is 10.4 Å². The van der Waals surface area contributed by atoms with Crippen LogP contribution in [0.25, 0.3) is 0 Å². The van der Waals surface area contributed by atoms with Crippen LogP contribution in [0.2, 0.25) is 0 Å². The zero-order valence-corrected chi connectivity index (χ0v) is 9.88. The molecule has 1 heterocycles. The molecule has 1 N–H and O–H groups in total. The summed E-state index contributed by atoms with van der Waals surface area (Å²) in [6.45, 7) is 8.99. The highest BCUT2D eigenvalue weighted by molar-refractivity contribution is 5.84. The Bertz CT molecular complexity index is 292. The molecule has 1 rings (SSSR count). The highest BCUT2D eigenvalue weighted by Crippen LogP contribution is 2.24. The maximum atomic E-state index is 11.7. The molecule has 0 aromatic carbocycles. The Kier molecular flexibility index (Phi) is 2.67. The van der Waals surface area contributed by atoms with E-state index in [1.54, 1.807) is 20.8 Å². The van der Waals surface area contributed by atoms with E-state index in [1.165, 1.54) is 5.01 Å². The lowest BCUT2D eigenvalue weighted by molar-refractivity contribution is -0.121. The van der Waals surface area contributed by atoms with Gasteiger partial charge in [0.2, 0.25) is 5.91 Å². The second-order valence-corrected chi connectivity index (χ2v) is 5.34. The molecule has 0 radical (unpaired) electrons. The molecule has 0 saturated carbocycles. The topological polar surface area (TPSA) is 58.6 Å². The molecule has 15 heavy (non-hydrogen) atoms. The van der Waals surface area contributed by atoms with E-state index in [0.29, 0.717) is 6.42 Å². The molecule has 86 valence electrons. The Balaban J connectivity index is 2.72. The number of hydrazine groups is 1. The first-order valence-corrected chi connectivity index (χ1v) is 4.94. The number of nitrogens with zero attached hydrogens (tertiary/aromatic N) is 1. The lowest BCUT2D eigenvalue weighted by Crippen LogP contribution is -2.50. The molecule has 2 amide bonds. The van der Waals surface area contributed by atoms with Crippen molar-refractivity contribution in [3.63, 3.8) is 0 Å². The summed E-state index contributed by atoms with van der Waals surface area (Å²) < 4.78 is 5.18. The SMILES string of the molecule is CC(C)(C)OC(=O)N1NC(=O)CC1(C)C. The largest absolute Gasteiger partial charge is 0.442 e. The van der Waals surface area contributed by atoms with Gasteiger partial charge in [-0.15, -0.1) is 0 Å². The van der Waals surface area contributed by atoms with Gasteiger partial charge in [-0.05, 0) is 34.6 Å². The molecule has 1 aliphatic heterocycles. The lowest BCUT2D eigenvalue weighted by Gasteiger charge is -2.31. The smallest absolute Gasteiger partial charge is 0.429 e. The minimum absolute atomic E-state index is 0.161. The number of carbonyl (C=O) groups excluding carboxylic acids is 2. The molecule has 0 unspecified atom stereocenters. The van der Waals surface area contributed by atoms with E-state index in [1.807, 2.05) is 13.8 Å². The Morgan fingerprint density at radius 2 is 2.00 bits per heavy atom. The zero-order chi connectivity index (χ0) is 11.9. The van der Waals surface area contributed by atoms with Crippen molar-refractivity contribution in [2.75, 3.05) is 0 Å². The summed E-state index contributed by atoms with van der Waals surface area (Å²) in [5, 5.41) is 1.25. The van der Waals surface area contributed by atoms with Crippen molar-refractivity contribution in [3.8, 4) is 0 Å². The molecule has 0 atom stereocenters. The second-order valence-electron chi connectivity index (χ2n) is 5.34. The van der Waals surface area contributed by atoms with Crippen LogP contribution >= 0.6 is 0 Å². The van der Waals surface area contributed by atoms with Crippen molar-refractivity contribution in [1.29, 1.82) is 0 Å². The van der Waals surface area contributed by atoms with Crippen LogP contribution in [0, 0.1) is 0 Å². The molecule has 0 aliphatic carbocycles. The molecule has 1 fully saturated rings. The van der Waals surface area contributed by atoms with Gasteiger partial charge in [-0.25, -0.2) is 9.80 Å². The van der Waals surface area contributed by atoms with Crippen LogP contribution in [-0.2, 0) is 9.53 Å². The summed E-state index contributed by atoms with van der Waals surface area (Å²) in [7, 11) is 0. The molecule has 5 nitrogen and oxygen atoms in total. The quantitative estimate of drug-likeness (QED) is 0.663. The van der Waals surface area contributed by atoms with E-state index in [0.717, 1.165) is 0 Å². The average molecular weight is 214 g/mol. The molecule has 0 aromatic heterocycles. The third kappa shape index (κ3) is 2.84. The van der Waals surface area contributed by atoms with Gasteiger partial charge in [0.15, 0.2) is 0 Å². The number of amides is 2. The van der Waals surface area contributed by atoms with Crippen molar-refractivity contribution < 1.29 is 14.3 Å². The van der Waals surface area contributed by atoms with Crippen LogP contribution in [0.15, 0.2) is 0 Å². The molecule has 1 saturated heterocycles. The van der Waals surface area contributed by atoms with Gasteiger partial charge in [0.25, 0.3) is 0 Å². The van der Waals surface area contributed by atoms with E-state index >= 15 is 0 Å². The van der Waals surface area contributed by atoms with Crippen molar-refractivity contribution in [3.05, 3.63) is 0 Å². The normalized spacial score (nSPS) is 20.1. The van der Waals surface area contributed by atoms with Gasteiger partial charge in [-0.3, -0.25) is 10.2 Å². The molecule has 0 aromatic rings. The molecule has 0 bridgehead atoms. The maximum absolute atomic E-state index is 11.7. The number of carbonyl (C=O) groups is 2. The summed E-state index contributed by atoms with van der Waals surface area (Å²) >= 11 is 0. The van der Waals surface area contributed by atoms with E-state index < -0.39 is 17.2 Å². The first kappa shape index (κ1) is 11.8. The minimum atomic E-state index is -0.555. The number of hydrogen-bond acceptors (Lipinski definition) is 3. The minimum Gasteiger partial charge on any atom is -0.442 e. The maximum Gasteiger partial charge on any atom is 0.429 e. The highest BCUT2D eigenvalue weighted by Gasteiger charge is 2.42. The first-order valence-electron chi connectivity index (χ1n) is 4.94. The third-order valence-electron chi connectivity index (χ3n) is 2.01. The number of nitrogens with one attached hydrogen (secondary N) is 1. The van der Waals surface area contributed by atoms with Crippen LogP contribution in [0.4, 0.5) is 4.79 Å². The van der Waals surface area contributed by atoms with E-state index in [9.17, 15) is 9.59 Å². The summed E-state index contributed by atoms with van der Waals surface area (Å²) in [5.41, 5.74) is 1.40. The van der Waals surface area contributed by atoms with Crippen molar-refractivity contribution in [2.24, 2.45) is 0 Å². The fourth-order valence-electron chi connectivity index (χ4n) is 1.39. The van der Waals surface area contributed by atoms with E-state index in [4.69, 9.17) is 4.74 Å². The van der Waals surface area contributed by atoms with Gasteiger partial charge in [0.05, 0.1) is 12.0 Å². The summed E-state index contributed by atoms with van der Waals surface area (Å²) in [6, 6.07) is 0. The Labute approximate surface area is 89.7 Å². The predicted molar refractivity (Wildman–Crippen MR) is 54.9 cm³/mol. The molecule has 1 aliphatic rings. The van der Waals surface area contributed by atoms with Crippen molar-refractivity contribution >= 4 is 12.0 Å². The fraction of sp³-hybridized carbons (Fsp3) is 0.800. The summed E-state index contributed by atoms with van der Waals surface area (Å²) in [4.78, 5) is 22.9. The Morgan fingerprint density at radius 3 is 2.33 bits per heavy atom. The highest BCUT2D eigenvalue weighted by atomic mass is 16.6. The molecular formula is C10H18N2O3. The fourth-order valence-corrected chi connectivity index (χ4v) is 1.39. The molecule has 0 spiro atoms. The third-order valence-corrected chi connectivity index (χ3v) is 2.01. The second kappa shape index (κ2) is 3.40. The molecular weight excluding hydrogens is 196 g/mol. The summed E-state index contributed by atoms with van der Waals surface area (Å²) in [6.07, 6.45) is -0.218. The van der Waals surface area contributed by atoms with Crippen molar-refractivity contribution in [2.45, 2.75) is 52.2 Å². The van der Waals surface area contributed by atoms with Gasteiger partial charge in [0.1, 0.15) is 5.60 Å². The number of rotatable bonds is 0. The van der Waals surface area contributed by atoms with Gasteiger partial charge in [-0.2, -0.15) is 0 Å². The Hall–Kier alpha value is -1.26. The summed E-state index contributed by atoms with van der Waals surface area (Å²) in [5.74, 6) is -0.161. The monoisotopic (exact) mass is 214 g/mol. The van der Waals surface area contributed by atoms with E-state index in [-0.39, 0.29) is 5.91 Å². The zero-order valence-electron chi connectivity index (χ0n) is 9.88. The standard InChI is InChI=1S/C10H18N2O3/c1-9(2,3)15-8(14)12-10(4,5)6-7(13)11-12/h6H2,1-5H3,(H,11,13). The van der Waals surface area contributed by atoms with Gasteiger partial charge < -0.3 is 4.74 Å². The number of ether oxygens (including phenoxy) is 1. The van der Waals surface area contributed by atoms with Crippen LogP contribution < -0.4 is 5.43 Å². The van der Waals surface area contributed by atoms with Crippen LogP contribution in [0.5, 0.6) is 0 Å². The van der Waals surface area contributed by atoms with Gasteiger partial charge >= 0.3 is 6.09 Å². The number of hydrogen-bond donors (Lipinski definition) is 1. The predicted octanol–water partition coefficient (Wildman–Crippen LogP) is 1.44. The van der Waals surface area contributed by atoms with Gasteiger partial charge in [-0.1, -0.05) is 0 Å². The Morgan fingerprint density at radius 1 is 1.47 bits per heavy atom. The lowest BCUT2D eigenvalue weighted by atomic mass is 10.0. The van der Waals surface area contributed by atoms with Crippen LogP contribution in [0.3, 0.4) is 0 Å². The van der Waals surface area contributed by atoms with E-state index in [2.05, 4.69) is 5.43 Å². The first-order chi connectivity index (χ1) is 6.62. The van der Waals surface area contributed by atoms with Gasteiger partial charge in [0, 0.05) is 0 Å². The van der Waals surface area contributed by atoms with Crippen LogP contribution in [0.1, 0.15) is 41.0 Å². The van der Waals surface area contributed by atoms with Crippen LogP contribution in [-0.4, -0.2) is 28.1 Å². The molecule has 5 heteroatoms. The average Bonchev–Trinajstić information content (AvgIpc) is 2.20.